The number of halogens is 1. The minimum Gasteiger partial charge on any atom is -0.756 e. The Morgan fingerprint density at radius 2 is 1.75 bits per heavy atom. The van der Waals surface area contributed by atoms with Crippen LogP contribution in [0.2, 0.25) is 5.02 Å². The SMILES string of the molecule is CCCCCCCN1C=C[NH+](CCCCc2ccc(Cl)cc2)C1.O=P([O-])(O)O. The van der Waals surface area contributed by atoms with Crippen molar-refractivity contribution < 1.29 is 24.1 Å². The van der Waals surface area contributed by atoms with Crippen LogP contribution in [0.25, 0.3) is 0 Å². The van der Waals surface area contributed by atoms with E-state index in [0.29, 0.717) is 0 Å². The standard InChI is InChI=1S/C20H31ClN2.H3O4P/c1-2-3-4-5-7-14-22-16-17-23(18-22)15-8-6-9-19-10-12-20(21)13-11-19;1-5(2,3)4/h10-13,16-17H,2-9,14-15,18H2,1H3;(H3,1,2,3,4). The van der Waals surface area contributed by atoms with Crippen LogP contribution in [0.4, 0.5) is 0 Å². The molecule has 0 spiro atoms. The van der Waals surface area contributed by atoms with Crippen molar-refractivity contribution >= 4 is 19.4 Å². The molecule has 160 valence electrons. The second-order valence-electron chi connectivity index (χ2n) is 7.18. The van der Waals surface area contributed by atoms with Crippen molar-refractivity contribution in [2.75, 3.05) is 19.8 Å². The maximum absolute atomic E-state index is 8.77. The molecule has 1 atom stereocenters. The average Bonchev–Trinajstić information content (AvgIpc) is 3.06. The van der Waals surface area contributed by atoms with E-state index in [0.717, 1.165) is 18.1 Å². The average molecular weight is 433 g/mol. The van der Waals surface area contributed by atoms with Gasteiger partial charge in [0.25, 0.3) is 7.82 Å². The van der Waals surface area contributed by atoms with Crippen molar-refractivity contribution in [1.82, 2.24) is 4.90 Å². The summed E-state index contributed by atoms with van der Waals surface area (Å²) >= 11 is 5.92. The van der Waals surface area contributed by atoms with E-state index < -0.39 is 7.82 Å². The van der Waals surface area contributed by atoms with Crippen LogP contribution in [-0.4, -0.2) is 34.4 Å². The molecule has 0 aliphatic carbocycles. The topological polar surface area (TPSA) is 88.3 Å². The zero-order chi connectivity index (χ0) is 20.8. The predicted molar refractivity (Wildman–Crippen MR) is 112 cm³/mol. The third kappa shape index (κ3) is 14.2. The van der Waals surface area contributed by atoms with Crippen LogP contribution in [0.1, 0.15) is 57.4 Å². The van der Waals surface area contributed by atoms with Gasteiger partial charge in [-0.2, -0.15) is 0 Å². The lowest BCUT2D eigenvalue weighted by atomic mass is 10.1. The normalized spacial score (nSPS) is 16.2. The molecule has 28 heavy (non-hydrogen) atoms. The molecule has 0 aromatic heterocycles. The van der Waals surface area contributed by atoms with E-state index in [2.05, 4.69) is 36.4 Å². The Balaban J connectivity index is 0.000000696. The molecular formula is C20H34ClN2O4P. The first kappa shape index (κ1) is 25.2. The van der Waals surface area contributed by atoms with E-state index in [4.69, 9.17) is 30.8 Å². The van der Waals surface area contributed by atoms with Gasteiger partial charge in [0.05, 0.1) is 12.7 Å². The fourth-order valence-electron chi connectivity index (χ4n) is 3.14. The summed E-state index contributed by atoms with van der Waals surface area (Å²) in [6.45, 7) is 5.91. The van der Waals surface area contributed by atoms with Gasteiger partial charge in [-0.25, -0.2) is 0 Å². The molecule has 0 bridgehead atoms. The number of hydrogen-bond donors (Lipinski definition) is 3. The Bertz CT molecular complexity index is 598. The Hall–Kier alpha value is -0.880. The summed E-state index contributed by atoms with van der Waals surface area (Å²) < 4.78 is 8.77. The minimum absolute atomic E-state index is 0.829. The van der Waals surface area contributed by atoms with Crippen molar-refractivity contribution in [2.24, 2.45) is 0 Å². The quantitative estimate of drug-likeness (QED) is 0.369. The Morgan fingerprint density at radius 3 is 2.39 bits per heavy atom. The molecule has 1 aliphatic heterocycles. The molecule has 0 amide bonds. The van der Waals surface area contributed by atoms with Crippen LogP contribution in [-0.2, 0) is 11.0 Å². The molecule has 1 aromatic rings. The Labute approximate surface area is 174 Å². The molecule has 0 saturated heterocycles. The van der Waals surface area contributed by atoms with E-state index in [1.807, 2.05) is 12.1 Å². The van der Waals surface area contributed by atoms with Crippen LogP contribution in [0.15, 0.2) is 36.7 Å². The smallest absolute Gasteiger partial charge is 0.262 e. The van der Waals surface area contributed by atoms with Gasteiger partial charge in [-0.3, -0.25) is 9.46 Å². The molecule has 1 aromatic carbocycles. The highest BCUT2D eigenvalue weighted by molar-refractivity contribution is 7.43. The Morgan fingerprint density at radius 1 is 1.11 bits per heavy atom. The maximum Gasteiger partial charge on any atom is 0.262 e. The second kappa shape index (κ2) is 14.2. The Kier molecular flexibility index (Phi) is 12.7. The van der Waals surface area contributed by atoms with Crippen LogP contribution in [0, 0.1) is 0 Å². The number of hydrogen-bond acceptors (Lipinski definition) is 3. The van der Waals surface area contributed by atoms with E-state index in [1.165, 1.54) is 63.6 Å². The molecule has 1 aliphatic rings. The van der Waals surface area contributed by atoms with Crippen molar-refractivity contribution in [3.05, 3.63) is 47.3 Å². The zero-order valence-corrected chi connectivity index (χ0v) is 18.4. The van der Waals surface area contributed by atoms with Gasteiger partial charge >= 0.3 is 0 Å². The summed E-state index contributed by atoms with van der Waals surface area (Å²) in [7, 11) is -4.89. The molecule has 0 radical (unpaired) electrons. The van der Waals surface area contributed by atoms with Gasteiger partial charge < -0.3 is 19.6 Å². The van der Waals surface area contributed by atoms with Crippen molar-refractivity contribution in [1.29, 1.82) is 0 Å². The highest BCUT2D eigenvalue weighted by Gasteiger charge is 2.15. The zero-order valence-electron chi connectivity index (χ0n) is 16.7. The third-order valence-electron chi connectivity index (χ3n) is 4.60. The first-order valence-corrected chi connectivity index (χ1v) is 12.0. The van der Waals surface area contributed by atoms with E-state index in [1.54, 1.807) is 4.90 Å². The number of nitrogens with zero attached hydrogens (tertiary/aromatic N) is 1. The van der Waals surface area contributed by atoms with Crippen LogP contribution < -0.4 is 9.79 Å². The highest BCUT2D eigenvalue weighted by Crippen LogP contribution is 2.19. The first-order valence-electron chi connectivity index (χ1n) is 10.1. The number of benzene rings is 1. The lowest BCUT2D eigenvalue weighted by molar-refractivity contribution is -0.849. The highest BCUT2D eigenvalue weighted by atomic mass is 35.5. The molecule has 8 heteroatoms. The van der Waals surface area contributed by atoms with Crippen LogP contribution in [0.5, 0.6) is 0 Å². The van der Waals surface area contributed by atoms with Gasteiger partial charge in [-0.1, -0.05) is 56.3 Å². The molecule has 0 fully saturated rings. The molecule has 1 heterocycles. The lowest BCUT2D eigenvalue weighted by Crippen LogP contribution is -3.07. The van der Waals surface area contributed by atoms with Gasteiger partial charge in [0, 0.05) is 11.6 Å². The number of phosphoric acid groups is 1. The van der Waals surface area contributed by atoms with Gasteiger partial charge in [-0.15, -0.1) is 0 Å². The number of nitrogens with one attached hydrogen (secondary N) is 1. The van der Waals surface area contributed by atoms with E-state index in [9.17, 15) is 0 Å². The molecule has 6 nitrogen and oxygen atoms in total. The summed E-state index contributed by atoms with van der Waals surface area (Å²) in [6.07, 6.45) is 15.2. The molecule has 1 unspecified atom stereocenters. The lowest BCUT2D eigenvalue weighted by Gasteiger charge is -2.17. The largest absolute Gasteiger partial charge is 0.756 e. The summed E-state index contributed by atoms with van der Waals surface area (Å²) in [6, 6.07) is 8.27. The fraction of sp³-hybridized carbons (Fsp3) is 0.600. The van der Waals surface area contributed by atoms with E-state index in [-0.39, 0.29) is 0 Å². The number of unbranched alkanes of at least 4 members (excludes halogenated alkanes) is 5. The summed E-state index contributed by atoms with van der Waals surface area (Å²) in [4.78, 5) is 27.0. The fourth-order valence-corrected chi connectivity index (χ4v) is 3.27. The minimum atomic E-state index is -4.89. The van der Waals surface area contributed by atoms with Gasteiger partial charge in [0.2, 0.25) is 0 Å². The number of aryl methyl sites for hydroxylation is 1. The molecule has 0 saturated carbocycles. The van der Waals surface area contributed by atoms with Gasteiger partial charge in [0.15, 0.2) is 6.67 Å². The third-order valence-corrected chi connectivity index (χ3v) is 4.85. The van der Waals surface area contributed by atoms with E-state index >= 15 is 0 Å². The summed E-state index contributed by atoms with van der Waals surface area (Å²) in [5.41, 5.74) is 1.40. The van der Waals surface area contributed by atoms with Crippen molar-refractivity contribution in [3.8, 4) is 0 Å². The number of quaternary nitrogens is 1. The molecule has 2 rings (SSSR count). The van der Waals surface area contributed by atoms with Gasteiger partial charge in [0.1, 0.15) is 6.20 Å². The second-order valence-corrected chi connectivity index (χ2v) is 8.60. The predicted octanol–water partition coefficient (Wildman–Crippen LogP) is 2.70. The monoisotopic (exact) mass is 432 g/mol. The summed E-state index contributed by atoms with van der Waals surface area (Å²) in [5, 5.41) is 0.829. The van der Waals surface area contributed by atoms with Crippen LogP contribution >= 0.6 is 19.4 Å². The van der Waals surface area contributed by atoms with Gasteiger partial charge in [-0.05, 0) is 43.4 Å². The van der Waals surface area contributed by atoms with Crippen LogP contribution in [0.3, 0.4) is 0 Å². The molecular weight excluding hydrogens is 399 g/mol. The van der Waals surface area contributed by atoms with Crippen molar-refractivity contribution in [2.45, 2.75) is 58.3 Å². The van der Waals surface area contributed by atoms with Crippen molar-refractivity contribution in [3.63, 3.8) is 0 Å². The number of rotatable bonds is 11. The first-order chi connectivity index (χ1) is 13.3. The maximum atomic E-state index is 8.77. The summed E-state index contributed by atoms with van der Waals surface area (Å²) in [5.74, 6) is 0. The molecule has 3 N–H and O–H groups in total.